The summed E-state index contributed by atoms with van der Waals surface area (Å²) in [6.45, 7) is 9.62. The molecule has 0 spiro atoms. The summed E-state index contributed by atoms with van der Waals surface area (Å²) in [5.74, 6) is 0.0943. The fraction of sp³-hybridized carbons (Fsp3) is 0.636. The van der Waals surface area contributed by atoms with E-state index in [1.165, 1.54) is 24.0 Å². The summed E-state index contributed by atoms with van der Waals surface area (Å²) in [6, 6.07) is 8.35. The Bertz CT molecular complexity index is 672. The van der Waals surface area contributed by atoms with E-state index in [0.717, 1.165) is 26.1 Å². The molecule has 3 amide bonds. The lowest BCUT2D eigenvalue weighted by atomic mass is 9.83. The van der Waals surface area contributed by atoms with Crippen LogP contribution < -0.4 is 10.6 Å². The van der Waals surface area contributed by atoms with Crippen molar-refractivity contribution >= 4 is 11.9 Å². The first kappa shape index (κ1) is 20.6. The van der Waals surface area contributed by atoms with Crippen LogP contribution in [0.25, 0.3) is 0 Å². The van der Waals surface area contributed by atoms with Crippen LogP contribution in [0, 0.1) is 12.8 Å². The minimum Gasteiger partial charge on any atom is -0.355 e. The van der Waals surface area contributed by atoms with Gasteiger partial charge in [0.2, 0.25) is 5.91 Å². The number of urea groups is 1. The second-order valence-corrected chi connectivity index (χ2v) is 8.12. The zero-order valence-corrected chi connectivity index (χ0v) is 17.2. The van der Waals surface area contributed by atoms with Gasteiger partial charge in [-0.2, -0.15) is 0 Å². The zero-order valence-electron chi connectivity index (χ0n) is 17.2. The van der Waals surface area contributed by atoms with Crippen molar-refractivity contribution in [3.05, 3.63) is 35.4 Å². The zero-order chi connectivity index (χ0) is 19.9. The van der Waals surface area contributed by atoms with Gasteiger partial charge in [-0.05, 0) is 51.8 Å². The third kappa shape index (κ3) is 5.47. The third-order valence-electron chi connectivity index (χ3n) is 5.88. The summed E-state index contributed by atoms with van der Waals surface area (Å²) in [4.78, 5) is 29.5. The number of rotatable bonds is 6. The van der Waals surface area contributed by atoms with Crippen molar-refractivity contribution in [1.82, 2.24) is 20.4 Å². The van der Waals surface area contributed by atoms with E-state index < -0.39 is 0 Å². The maximum absolute atomic E-state index is 12.9. The molecule has 0 unspecified atom stereocenters. The summed E-state index contributed by atoms with van der Waals surface area (Å²) < 4.78 is 0. The van der Waals surface area contributed by atoms with Crippen molar-refractivity contribution in [3.8, 4) is 0 Å². The summed E-state index contributed by atoms with van der Waals surface area (Å²) in [5.41, 5.74) is 2.42. The normalized spacial score (nSPS) is 22.9. The van der Waals surface area contributed by atoms with Gasteiger partial charge in [0.15, 0.2) is 0 Å². The van der Waals surface area contributed by atoms with E-state index in [0.29, 0.717) is 26.2 Å². The maximum atomic E-state index is 12.9. The predicted molar refractivity (Wildman–Crippen MR) is 111 cm³/mol. The van der Waals surface area contributed by atoms with E-state index in [9.17, 15) is 9.59 Å². The number of aryl methyl sites for hydroxylation is 1. The molecule has 6 nitrogen and oxygen atoms in total. The number of amides is 3. The molecule has 0 bridgehead atoms. The number of nitrogens with one attached hydrogen (secondary N) is 2. The summed E-state index contributed by atoms with van der Waals surface area (Å²) in [6.07, 6.45) is 3.31. The SMILES string of the molecule is CCNC(=O)N1C[C@@H](C(=O)NCCN2CCCC2)C[C@@H](c2cccc(C)c2)C1. The highest BCUT2D eigenvalue weighted by Crippen LogP contribution is 2.31. The van der Waals surface area contributed by atoms with Crippen molar-refractivity contribution in [1.29, 1.82) is 0 Å². The van der Waals surface area contributed by atoms with Gasteiger partial charge in [-0.25, -0.2) is 4.79 Å². The number of piperidine rings is 1. The number of carbonyl (C=O) groups excluding carboxylic acids is 2. The number of benzene rings is 1. The lowest BCUT2D eigenvalue weighted by Gasteiger charge is -2.37. The van der Waals surface area contributed by atoms with Crippen LogP contribution in [0.15, 0.2) is 24.3 Å². The Morgan fingerprint density at radius 1 is 1.14 bits per heavy atom. The van der Waals surface area contributed by atoms with E-state index in [2.05, 4.69) is 46.7 Å². The van der Waals surface area contributed by atoms with Crippen molar-refractivity contribution in [2.24, 2.45) is 5.92 Å². The molecular formula is C22H34N4O2. The summed E-state index contributed by atoms with van der Waals surface area (Å²) >= 11 is 0. The van der Waals surface area contributed by atoms with E-state index in [-0.39, 0.29) is 23.8 Å². The van der Waals surface area contributed by atoms with Crippen molar-refractivity contribution in [2.45, 2.75) is 39.0 Å². The molecule has 2 saturated heterocycles. The van der Waals surface area contributed by atoms with Crippen LogP contribution in [0.4, 0.5) is 4.79 Å². The Labute approximate surface area is 168 Å². The van der Waals surface area contributed by atoms with Gasteiger partial charge in [0, 0.05) is 38.6 Å². The molecule has 3 rings (SSSR count). The molecule has 1 aromatic carbocycles. The molecule has 0 aliphatic carbocycles. The molecular weight excluding hydrogens is 352 g/mol. The molecule has 1 aromatic rings. The van der Waals surface area contributed by atoms with Crippen LogP contribution in [-0.2, 0) is 4.79 Å². The Morgan fingerprint density at radius 2 is 1.93 bits per heavy atom. The van der Waals surface area contributed by atoms with Crippen LogP contribution >= 0.6 is 0 Å². The van der Waals surface area contributed by atoms with Gasteiger partial charge in [0.1, 0.15) is 0 Å². The quantitative estimate of drug-likeness (QED) is 0.789. The molecule has 0 saturated carbocycles. The second-order valence-electron chi connectivity index (χ2n) is 8.12. The van der Waals surface area contributed by atoms with Gasteiger partial charge in [-0.1, -0.05) is 29.8 Å². The van der Waals surface area contributed by atoms with E-state index in [1.807, 2.05) is 11.8 Å². The third-order valence-corrected chi connectivity index (χ3v) is 5.88. The van der Waals surface area contributed by atoms with Gasteiger partial charge in [0.25, 0.3) is 0 Å². The largest absolute Gasteiger partial charge is 0.355 e. The van der Waals surface area contributed by atoms with Gasteiger partial charge in [-0.15, -0.1) is 0 Å². The Morgan fingerprint density at radius 3 is 2.64 bits per heavy atom. The first-order chi connectivity index (χ1) is 13.6. The first-order valence-corrected chi connectivity index (χ1v) is 10.7. The van der Waals surface area contributed by atoms with Crippen molar-refractivity contribution < 1.29 is 9.59 Å². The molecule has 2 aliphatic heterocycles. The number of hydrogen-bond acceptors (Lipinski definition) is 3. The Balaban J connectivity index is 1.64. The van der Waals surface area contributed by atoms with Gasteiger partial charge in [0.05, 0.1) is 5.92 Å². The Hall–Kier alpha value is -2.08. The van der Waals surface area contributed by atoms with Crippen LogP contribution in [0.1, 0.15) is 43.2 Å². The van der Waals surface area contributed by atoms with Gasteiger partial charge >= 0.3 is 6.03 Å². The summed E-state index contributed by atoms with van der Waals surface area (Å²) in [7, 11) is 0. The number of hydrogen-bond donors (Lipinski definition) is 2. The lowest BCUT2D eigenvalue weighted by molar-refractivity contribution is -0.126. The highest BCUT2D eigenvalue weighted by Gasteiger charge is 2.34. The highest BCUT2D eigenvalue weighted by atomic mass is 16.2. The van der Waals surface area contributed by atoms with E-state index in [1.54, 1.807) is 0 Å². The number of nitrogens with zero attached hydrogens (tertiary/aromatic N) is 2. The van der Waals surface area contributed by atoms with Crippen LogP contribution in [0.5, 0.6) is 0 Å². The number of carbonyl (C=O) groups is 2. The topological polar surface area (TPSA) is 64.7 Å². The van der Waals surface area contributed by atoms with Gasteiger partial charge < -0.3 is 20.4 Å². The molecule has 28 heavy (non-hydrogen) atoms. The molecule has 2 heterocycles. The molecule has 2 aliphatic rings. The average molecular weight is 387 g/mol. The fourth-order valence-electron chi connectivity index (χ4n) is 4.37. The van der Waals surface area contributed by atoms with Crippen molar-refractivity contribution in [2.75, 3.05) is 45.8 Å². The standard InChI is InChI=1S/C22H34N4O2/c1-3-23-22(28)26-15-19(18-8-6-7-17(2)13-18)14-20(16-26)21(27)24-9-12-25-10-4-5-11-25/h6-8,13,19-20H,3-5,9-12,14-16H2,1-2H3,(H,23,28)(H,24,27)/t19-,20+/m1/s1. The minimum atomic E-state index is -0.166. The Kier molecular flexibility index (Phi) is 7.31. The molecule has 0 radical (unpaired) electrons. The number of likely N-dealkylation sites (tertiary alicyclic amines) is 2. The molecule has 0 aromatic heterocycles. The summed E-state index contributed by atoms with van der Waals surface area (Å²) in [5, 5.41) is 6.00. The second kappa shape index (κ2) is 9.92. The molecule has 154 valence electrons. The maximum Gasteiger partial charge on any atom is 0.317 e. The minimum absolute atomic E-state index is 0.0743. The van der Waals surface area contributed by atoms with E-state index in [4.69, 9.17) is 0 Å². The average Bonchev–Trinajstić information content (AvgIpc) is 3.21. The van der Waals surface area contributed by atoms with Crippen LogP contribution in [-0.4, -0.2) is 67.6 Å². The molecule has 6 heteroatoms. The first-order valence-electron chi connectivity index (χ1n) is 10.7. The smallest absolute Gasteiger partial charge is 0.317 e. The molecule has 2 fully saturated rings. The fourth-order valence-corrected chi connectivity index (χ4v) is 4.37. The monoisotopic (exact) mass is 386 g/mol. The van der Waals surface area contributed by atoms with Crippen molar-refractivity contribution in [3.63, 3.8) is 0 Å². The highest BCUT2D eigenvalue weighted by molar-refractivity contribution is 5.81. The van der Waals surface area contributed by atoms with Crippen LogP contribution in [0.2, 0.25) is 0 Å². The van der Waals surface area contributed by atoms with E-state index >= 15 is 0 Å². The lowest BCUT2D eigenvalue weighted by Crippen LogP contribution is -2.51. The molecule has 2 atom stereocenters. The predicted octanol–water partition coefficient (Wildman–Crippen LogP) is 2.34. The molecule has 2 N–H and O–H groups in total. The van der Waals surface area contributed by atoms with Crippen LogP contribution in [0.3, 0.4) is 0 Å². The van der Waals surface area contributed by atoms with Gasteiger partial charge in [-0.3, -0.25) is 4.79 Å².